The van der Waals surface area contributed by atoms with E-state index in [1.165, 1.54) is 5.56 Å². The van der Waals surface area contributed by atoms with Gasteiger partial charge in [0.25, 0.3) is 0 Å². The smallest absolute Gasteiger partial charge is 0.191 e. The second kappa shape index (κ2) is 8.72. The molecule has 2 N–H and O–H groups in total. The van der Waals surface area contributed by atoms with Crippen LogP contribution in [-0.2, 0) is 6.42 Å². The number of hydrogen-bond donors (Lipinski definition) is 2. The van der Waals surface area contributed by atoms with Crippen molar-refractivity contribution in [3.05, 3.63) is 29.7 Å². The van der Waals surface area contributed by atoms with E-state index in [1.807, 2.05) is 27.0 Å². The molecule has 1 aliphatic rings. The first-order chi connectivity index (χ1) is 11.1. The lowest BCUT2D eigenvalue weighted by molar-refractivity contribution is 0.225. The first-order valence-electron chi connectivity index (χ1n) is 8.36. The predicted octanol–water partition coefficient (Wildman–Crippen LogP) is 1.65. The molecule has 2 heterocycles. The second-order valence-corrected chi connectivity index (χ2v) is 6.06. The molecule has 2 rings (SSSR count). The zero-order valence-electron chi connectivity index (χ0n) is 14.6. The lowest BCUT2D eigenvalue weighted by Gasteiger charge is -2.32. The Kier molecular flexibility index (Phi) is 6.65. The van der Waals surface area contributed by atoms with Crippen molar-refractivity contribution in [2.45, 2.75) is 39.2 Å². The molecule has 1 fully saturated rings. The van der Waals surface area contributed by atoms with Crippen LogP contribution in [0.3, 0.4) is 0 Å². The minimum atomic E-state index is 0.487. The zero-order valence-corrected chi connectivity index (χ0v) is 14.6. The number of piperidine rings is 1. The van der Waals surface area contributed by atoms with Crippen LogP contribution in [0, 0.1) is 13.8 Å². The molecular formula is C17H29N5O. The average Bonchev–Trinajstić information content (AvgIpc) is 2.87. The fourth-order valence-electron chi connectivity index (χ4n) is 3.00. The fraction of sp³-hybridized carbons (Fsp3) is 0.647. The Morgan fingerprint density at radius 3 is 2.74 bits per heavy atom. The van der Waals surface area contributed by atoms with E-state index in [1.54, 1.807) is 0 Å². The Labute approximate surface area is 139 Å². The Morgan fingerprint density at radius 1 is 1.43 bits per heavy atom. The first kappa shape index (κ1) is 17.5. The molecule has 0 bridgehead atoms. The number of aryl methyl sites for hydroxylation is 2. The minimum Gasteiger partial charge on any atom is -0.361 e. The van der Waals surface area contributed by atoms with Gasteiger partial charge in [-0.1, -0.05) is 11.2 Å². The van der Waals surface area contributed by atoms with Crippen LogP contribution in [0.1, 0.15) is 29.9 Å². The lowest BCUT2D eigenvalue weighted by atomic mass is 10.1. The highest BCUT2D eigenvalue weighted by molar-refractivity contribution is 5.79. The number of nitrogens with zero attached hydrogens (tertiary/aromatic N) is 3. The third-order valence-electron chi connectivity index (χ3n) is 4.39. The Balaban J connectivity index is 1.73. The second-order valence-electron chi connectivity index (χ2n) is 6.06. The van der Waals surface area contributed by atoms with Crippen molar-refractivity contribution in [1.29, 1.82) is 0 Å². The Hall–Kier alpha value is -1.82. The van der Waals surface area contributed by atoms with Crippen molar-refractivity contribution in [3.8, 4) is 0 Å². The van der Waals surface area contributed by atoms with Gasteiger partial charge in [0.05, 0.1) is 5.69 Å². The topological polar surface area (TPSA) is 65.7 Å². The maximum atomic E-state index is 5.20. The molecular weight excluding hydrogens is 290 g/mol. The van der Waals surface area contributed by atoms with E-state index in [0.717, 1.165) is 62.9 Å². The largest absolute Gasteiger partial charge is 0.361 e. The quantitative estimate of drug-likeness (QED) is 0.474. The van der Waals surface area contributed by atoms with Gasteiger partial charge in [-0.25, -0.2) is 0 Å². The Bertz CT molecular complexity index is 510. The van der Waals surface area contributed by atoms with Crippen LogP contribution in [0.25, 0.3) is 0 Å². The summed E-state index contributed by atoms with van der Waals surface area (Å²) in [6, 6.07) is 0.487. The number of rotatable bonds is 6. The van der Waals surface area contributed by atoms with Gasteiger partial charge in [-0.3, -0.25) is 9.89 Å². The van der Waals surface area contributed by atoms with E-state index in [-0.39, 0.29) is 0 Å². The van der Waals surface area contributed by atoms with Crippen molar-refractivity contribution in [1.82, 2.24) is 20.7 Å². The van der Waals surface area contributed by atoms with Gasteiger partial charge in [-0.2, -0.15) is 0 Å². The highest BCUT2D eigenvalue weighted by Crippen LogP contribution is 2.12. The normalized spacial score (nSPS) is 17.3. The molecule has 0 aromatic carbocycles. The zero-order chi connectivity index (χ0) is 16.7. The summed E-state index contributed by atoms with van der Waals surface area (Å²) in [6.07, 6.45) is 5.14. The van der Waals surface area contributed by atoms with Crippen molar-refractivity contribution in [3.63, 3.8) is 0 Å². The predicted molar refractivity (Wildman–Crippen MR) is 93.8 cm³/mol. The van der Waals surface area contributed by atoms with E-state index in [0.29, 0.717) is 6.04 Å². The van der Waals surface area contributed by atoms with Crippen LogP contribution in [-0.4, -0.2) is 55.3 Å². The molecule has 1 aromatic heterocycles. The van der Waals surface area contributed by atoms with Crippen molar-refractivity contribution in [2.24, 2.45) is 4.99 Å². The van der Waals surface area contributed by atoms with Crippen molar-refractivity contribution in [2.75, 3.05) is 33.2 Å². The molecule has 0 unspecified atom stereocenters. The van der Waals surface area contributed by atoms with Crippen LogP contribution in [0.2, 0.25) is 0 Å². The molecule has 0 amide bonds. The van der Waals surface area contributed by atoms with Gasteiger partial charge in [0.15, 0.2) is 5.96 Å². The standard InChI is InChI=1S/C17H29N5O/c1-5-10-22-11-7-15(8-12-22)20-17(18-4)19-9-6-16-13(2)21-23-14(16)3/h5,15H,1,6-12H2,2-4H3,(H2,18,19,20). The molecule has 0 saturated carbocycles. The van der Waals surface area contributed by atoms with Crippen molar-refractivity contribution < 1.29 is 4.52 Å². The van der Waals surface area contributed by atoms with E-state index in [2.05, 4.69) is 32.3 Å². The molecule has 128 valence electrons. The number of hydrogen-bond acceptors (Lipinski definition) is 4. The highest BCUT2D eigenvalue weighted by Gasteiger charge is 2.19. The summed E-state index contributed by atoms with van der Waals surface area (Å²) in [4.78, 5) is 6.76. The number of likely N-dealkylation sites (tertiary alicyclic amines) is 1. The van der Waals surface area contributed by atoms with Crippen molar-refractivity contribution >= 4 is 5.96 Å². The monoisotopic (exact) mass is 319 g/mol. The molecule has 0 spiro atoms. The van der Waals surface area contributed by atoms with Gasteiger partial charge in [-0.15, -0.1) is 6.58 Å². The lowest BCUT2D eigenvalue weighted by Crippen LogP contribution is -2.49. The van der Waals surface area contributed by atoms with Gasteiger partial charge >= 0.3 is 0 Å². The maximum Gasteiger partial charge on any atom is 0.191 e. The van der Waals surface area contributed by atoms with Crippen LogP contribution in [0.4, 0.5) is 0 Å². The molecule has 23 heavy (non-hydrogen) atoms. The molecule has 6 heteroatoms. The molecule has 6 nitrogen and oxygen atoms in total. The SMILES string of the molecule is C=CCN1CCC(NC(=NC)NCCc2c(C)noc2C)CC1. The molecule has 1 aromatic rings. The number of guanidine groups is 1. The van der Waals surface area contributed by atoms with Gasteiger partial charge < -0.3 is 15.2 Å². The molecule has 0 aliphatic carbocycles. The average molecular weight is 319 g/mol. The first-order valence-corrected chi connectivity index (χ1v) is 8.36. The summed E-state index contributed by atoms with van der Waals surface area (Å²) >= 11 is 0. The number of aliphatic imine (C=N–C) groups is 1. The third kappa shape index (κ3) is 5.10. The maximum absolute atomic E-state index is 5.20. The summed E-state index contributed by atoms with van der Waals surface area (Å²) in [6.45, 7) is 11.8. The van der Waals surface area contributed by atoms with Crippen LogP contribution < -0.4 is 10.6 Å². The van der Waals surface area contributed by atoms with E-state index in [9.17, 15) is 0 Å². The fourth-order valence-corrected chi connectivity index (χ4v) is 3.00. The molecule has 0 atom stereocenters. The minimum absolute atomic E-state index is 0.487. The summed E-state index contributed by atoms with van der Waals surface area (Å²) in [5.41, 5.74) is 2.16. The Morgan fingerprint density at radius 2 is 2.17 bits per heavy atom. The highest BCUT2D eigenvalue weighted by atomic mass is 16.5. The van der Waals surface area contributed by atoms with E-state index in [4.69, 9.17) is 4.52 Å². The summed E-state index contributed by atoms with van der Waals surface area (Å²) in [5.74, 6) is 1.78. The van der Waals surface area contributed by atoms with Gasteiger partial charge in [0.1, 0.15) is 5.76 Å². The van der Waals surface area contributed by atoms with Crippen LogP contribution in [0.15, 0.2) is 22.2 Å². The molecule has 0 radical (unpaired) electrons. The summed E-state index contributed by atoms with van der Waals surface area (Å²) in [5, 5.41) is 10.9. The number of nitrogens with one attached hydrogen (secondary N) is 2. The van der Waals surface area contributed by atoms with Crippen LogP contribution in [0.5, 0.6) is 0 Å². The number of aromatic nitrogens is 1. The summed E-state index contributed by atoms with van der Waals surface area (Å²) in [7, 11) is 1.82. The summed E-state index contributed by atoms with van der Waals surface area (Å²) < 4.78 is 5.20. The molecule has 1 saturated heterocycles. The van der Waals surface area contributed by atoms with Gasteiger partial charge in [0.2, 0.25) is 0 Å². The van der Waals surface area contributed by atoms with E-state index >= 15 is 0 Å². The third-order valence-corrected chi connectivity index (χ3v) is 4.39. The van der Waals surface area contributed by atoms with Crippen LogP contribution >= 0.6 is 0 Å². The van der Waals surface area contributed by atoms with E-state index < -0.39 is 0 Å². The van der Waals surface area contributed by atoms with Gasteiger partial charge in [0, 0.05) is 44.8 Å². The molecule has 1 aliphatic heterocycles. The van der Waals surface area contributed by atoms with Gasteiger partial charge in [-0.05, 0) is 33.1 Å².